The normalized spacial score (nSPS) is 10.1. The van der Waals surface area contributed by atoms with Crippen molar-refractivity contribution in [3.05, 3.63) is 72.3 Å². The summed E-state index contributed by atoms with van der Waals surface area (Å²) >= 11 is 0. The van der Waals surface area contributed by atoms with Crippen LogP contribution in [-0.2, 0) is 0 Å². The second-order valence-corrected chi connectivity index (χ2v) is 5.49. The predicted octanol–water partition coefficient (Wildman–Crippen LogP) is 3.71. The van der Waals surface area contributed by atoms with Gasteiger partial charge in [-0.2, -0.15) is 0 Å². The van der Waals surface area contributed by atoms with Crippen LogP contribution in [0.25, 0.3) is 0 Å². The average Bonchev–Trinajstić information content (AvgIpc) is 2.59. The minimum Gasteiger partial charge on any atom is -0.492 e. The highest BCUT2D eigenvalue weighted by molar-refractivity contribution is 5.96. The highest BCUT2D eigenvalue weighted by Crippen LogP contribution is 2.19. The van der Waals surface area contributed by atoms with Crippen molar-refractivity contribution >= 4 is 5.91 Å². The maximum atomic E-state index is 12.6. The van der Waals surface area contributed by atoms with E-state index in [-0.39, 0.29) is 5.91 Å². The number of amides is 1. The number of nitrogens with zero attached hydrogens (tertiary/aromatic N) is 1. The van der Waals surface area contributed by atoms with Crippen LogP contribution in [0.5, 0.6) is 11.5 Å². The molecule has 4 heteroatoms. The first-order valence-corrected chi connectivity index (χ1v) is 7.89. The van der Waals surface area contributed by atoms with Gasteiger partial charge in [-0.3, -0.25) is 4.79 Å². The van der Waals surface area contributed by atoms with Gasteiger partial charge in [-0.1, -0.05) is 36.9 Å². The topological polar surface area (TPSA) is 38.8 Å². The molecule has 0 heterocycles. The maximum absolute atomic E-state index is 12.6. The van der Waals surface area contributed by atoms with Crippen LogP contribution >= 0.6 is 0 Å². The molecule has 0 atom stereocenters. The zero-order chi connectivity index (χ0) is 17.4. The lowest BCUT2D eigenvalue weighted by atomic mass is 10.2. The van der Waals surface area contributed by atoms with Crippen molar-refractivity contribution in [1.29, 1.82) is 0 Å². The van der Waals surface area contributed by atoms with Crippen LogP contribution in [0.15, 0.2) is 61.2 Å². The van der Waals surface area contributed by atoms with Crippen LogP contribution in [0.4, 0.5) is 0 Å². The molecule has 0 aliphatic rings. The summed E-state index contributed by atoms with van der Waals surface area (Å²) in [6, 6.07) is 15.1. The van der Waals surface area contributed by atoms with Crippen LogP contribution in [0.3, 0.4) is 0 Å². The molecular weight excluding hydrogens is 302 g/mol. The highest BCUT2D eigenvalue weighted by Gasteiger charge is 2.16. The van der Waals surface area contributed by atoms with Crippen LogP contribution in [-0.4, -0.2) is 37.6 Å². The lowest BCUT2D eigenvalue weighted by molar-refractivity contribution is 0.0770. The summed E-state index contributed by atoms with van der Waals surface area (Å²) in [4.78, 5) is 14.2. The van der Waals surface area contributed by atoms with Gasteiger partial charge in [0.15, 0.2) is 0 Å². The van der Waals surface area contributed by atoms with E-state index < -0.39 is 0 Å². The summed E-state index contributed by atoms with van der Waals surface area (Å²) in [5.41, 5.74) is 1.68. The summed E-state index contributed by atoms with van der Waals surface area (Å²) in [7, 11) is 1.76. The molecular formula is C20H23NO3. The number of carbonyl (C=O) groups is 1. The second-order valence-electron chi connectivity index (χ2n) is 5.49. The van der Waals surface area contributed by atoms with E-state index in [1.807, 2.05) is 43.3 Å². The van der Waals surface area contributed by atoms with Crippen molar-refractivity contribution < 1.29 is 14.3 Å². The lowest BCUT2D eigenvalue weighted by Gasteiger charge is -2.19. The monoisotopic (exact) mass is 325 g/mol. The number of hydrogen-bond acceptors (Lipinski definition) is 3. The summed E-state index contributed by atoms with van der Waals surface area (Å²) < 4.78 is 11.2. The third-order valence-electron chi connectivity index (χ3n) is 3.51. The zero-order valence-corrected chi connectivity index (χ0v) is 14.2. The van der Waals surface area contributed by atoms with Crippen LogP contribution in [0.2, 0.25) is 0 Å². The summed E-state index contributed by atoms with van der Waals surface area (Å²) in [6.45, 7) is 6.93. The van der Waals surface area contributed by atoms with E-state index in [1.54, 1.807) is 30.2 Å². The molecule has 0 radical (unpaired) electrons. The Morgan fingerprint density at radius 1 is 1.17 bits per heavy atom. The molecule has 2 aromatic rings. The summed E-state index contributed by atoms with van der Waals surface area (Å²) in [5, 5.41) is 0. The molecule has 4 nitrogen and oxygen atoms in total. The molecule has 0 aliphatic heterocycles. The van der Waals surface area contributed by atoms with Gasteiger partial charge in [-0.05, 0) is 36.8 Å². The summed E-state index contributed by atoms with van der Waals surface area (Å²) in [6.07, 6.45) is 1.65. The molecule has 0 N–H and O–H groups in total. The molecule has 0 bridgehead atoms. The van der Waals surface area contributed by atoms with Crippen molar-refractivity contribution in [3.63, 3.8) is 0 Å². The molecule has 0 unspecified atom stereocenters. The van der Waals surface area contributed by atoms with Gasteiger partial charge in [0.2, 0.25) is 0 Å². The second kappa shape index (κ2) is 8.77. The fourth-order valence-electron chi connectivity index (χ4n) is 2.23. The molecule has 126 valence electrons. The Morgan fingerprint density at radius 2 is 1.96 bits per heavy atom. The number of para-hydroxylation sites is 1. The van der Waals surface area contributed by atoms with Crippen LogP contribution < -0.4 is 9.47 Å². The molecule has 1 amide bonds. The molecule has 0 aliphatic carbocycles. The SMILES string of the molecule is C=CCOc1ccccc1C(=O)N(C)CCOc1cccc(C)c1. The van der Waals surface area contributed by atoms with Gasteiger partial charge >= 0.3 is 0 Å². The van der Waals surface area contributed by atoms with E-state index in [4.69, 9.17) is 9.47 Å². The molecule has 0 fully saturated rings. The van der Waals surface area contributed by atoms with Gasteiger partial charge < -0.3 is 14.4 Å². The van der Waals surface area contributed by atoms with Crippen molar-refractivity contribution in [2.45, 2.75) is 6.92 Å². The van der Waals surface area contributed by atoms with Crippen molar-refractivity contribution in [2.75, 3.05) is 26.8 Å². The van der Waals surface area contributed by atoms with Crippen LogP contribution in [0, 0.1) is 6.92 Å². The van der Waals surface area contributed by atoms with E-state index in [9.17, 15) is 4.79 Å². The predicted molar refractivity (Wildman–Crippen MR) is 95.8 cm³/mol. The standard InChI is InChI=1S/C20H23NO3/c1-4-13-24-19-11-6-5-10-18(19)20(22)21(3)12-14-23-17-9-7-8-16(2)15-17/h4-11,15H,1,12-14H2,2-3H3. The van der Waals surface area contributed by atoms with E-state index in [0.717, 1.165) is 11.3 Å². The number of ether oxygens (including phenoxy) is 2. The fraction of sp³-hybridized carbons (Fsp3) is 0.250. The van der Waals surface area contributed by atoms with E-state index >= 15 is 0 Å². The minimum atomic E-state index is -0.0949. The Balaban J connectivity index is 1.93. The average molecular weight is 325 g/mol. The number of hydrogen-bond donors (Lipinski definition) is 0. The number of rotatable bonds is 8. The molecule has 0 spiro atoms. The molecule has 0 saturated heterocycles. The van der Waals surface area contributed by atoms with Gasteiger partial charge in [0.1, 0.15) is 24.7 Å². The quantitative estimate of drug-likeness (QED) is 0.695. The fourth-order valence-corrected chi connectivity index (χ4v) is 2.23. The van der Waals surface area contributed by atoms with Crippen molar-refractivity contribution in [3.8, 4) is 11.5 Å². The Kier molecular flexibility index (Phi) is 6.43. The lowest BCUT2D eigenvalue weighted by Crippen LogP contribution is -2.31. The van der Waals surface area contributed by atoms with E-state index in [0.29, 0.717) is 31.1 Å². The Labute approximate surface area is 143 Å². The Bertz CT molecular complexity index is 697. The largest absolute Gasteiger partial charge is 0.492 e. The smallest absolute Gasteiger partial charge is 0.257 e. The first kappa shape index (κ1) is 17.6. The molecule has 0 saturated carbocycles. The molecule has 24 heavy (non-hydrogen) atoms. The number of aryl methyl sites for hydroxylation is 1. The summed E-state index contributed by atoms with van der Waals surface area (Å²) in [5.74, 6) is 1.28. The first-order chi connectivity index (χ1) is 11.6. The molecule has 2 rings (SSSR count). The minimum absolute atomic E-state index is 0.0949. The highest BCUT2D eigenvalue weighted by atomic mass is 16.5. The third-order valence-corrected chi connectivity index (χ3v) is 3.51. The van der Waals surface area contributed by atoms with Crippen molar-refractivity contribution in [1.82, 2.24) is 4.90 Å². The maximum Gasteiger partial charge on any atom is 0.257 e. The Morgan fingerprint density at radius 3 is 2.71 bits per heavy atom. The van der Waals surface area contributed by atoms with Gasteiger partial charge in [0, 0.05) is 7.05 Å². The van der Waals surface area contributed by atoms with Crippen molar-refractivity contribution in [2.24, 2.45) is 0 Å². The first-order valence-electron chi connectivity index (χ1n) is 7.89. The van der Waals surface area contributed by atoms with Gasteiger partial charge in [-0.25, -0.2) is 0 Å². The van der Waals surface area contributed by atoms with Gasteiger partial charge in [-0.15, -0.1) is 0 Å². The number of likely N-dealkylation sites (N-methyl/N-ethyl adjacent to an activating group) is 1. The molecule has 0 aromatic heterocycles. The number of carbonyl (C=O) groups excluding carboxylic acids is 1. The van der Waals surface area contributed by atoms with E-state index in [2.05, 4.69) is 6.58 Å². The van der Waals surface area contributed by atoms with Crippen LogP contribution in [0.1, 0.15) is 15.9 Å². The van der Waals surface area contributed by atoms with E-state index in [1.165, 1.54) is 0 Å². The number of benzene rings is 2. The third kappa shape index (κ3) is 4.88. The molecule has 2 aromatic carbocycles. The van der Waals surface area contributed by atoms with Gasteiger partial charge in [0.25, 0.3) is 5.91 Å². The zero-order valence-electron chi connectivity index (χ0n) is 14.2. The Hall–Kier alpha value is -2.75. The van der Waals surface area contributed by atoms with Gasteiger partial charge in [0.05, 0.1) is 12.1 Å².